The molecule has 35 heavy (non-hydrogen) atoms. The standard InChI is InChI=1S/C23H23FN2O9/c24-12-14-1-5-15(6-2-14)22(33)35-16-7-3-13(4-8-16)11-18(21(31)32)26-23(34)25-17(20(29)30)9-10-19(27)28/h1-8,17-18H,9-12H2,(H,27,28)(H,29,30)(H,31,32)(H2,25,26,34)/t17-,18-/m0/s1. The van der Waals surface area contributed by atoms with Crippen molar-refractivity contribution in [2.45, 2.75) is 38.0 Å². The number of ether oxygens (including phenoxy) is 1. The Labute approximate surface area is 198 Å². The highest BCUT2D eigenvalue weighted by molar-refractivity contribution is 5.91. The lowest BCUT2D eigenvalue weighted by Gasteiger charge is -2.18. The molecular weight excluding hydrogens is 467 g/mol. The van der Waals surface area contributed by atoms with Crippen molar-refractivity contribution in [3.8, 4) is 5.75 Å². The summed E-state index contributed by atoms with van der Waals surface area (Å²) in [5.74, 6) is -4.58. The quantitative estimate of drug-likeness (QED) is 0.220. The van der Waals surface area contributed by atoms with E-state index in [4.69, 9.17) is 14.9 Å². The number of hydrogen-bond donors (Lipinski definition) is 5. The van der Waals surface area contributed by atoms with E-state index in [1.54, 1.807) is 0 Å². The first kappa shape index (κ1) is 26.8. The summed E-state index contributed by atoms with van der Waals surface area (Å²) < 4.78 is 17.8. The molecule has 5 N–H and O–H groups in total. The molecule has 12 heteroatoms. The second kappa shape index (κ2) is 12.7. The van der Waals surface area contributed by atoms with Crippen molar-refractivity contribution >= 4 is 29.9 Å². The number of alkyl halides is 1. The number of benzene rings is 2. The fraction of sp³-hybridized carbons (Fsp3) is 0.261. The Morgan fingerprint density at radius 1 is 0.800 bits per heavy atom. The Bertz CT molecular complexity index is 1070. The average Bonchev–Trinajstić information content (AvgIpc) is 2.82. The number of halogens is 1. The normalized spacial score (nSPS) is 12.1. The van der Waals surface area contributed by atoms with Crippen molar-refractivity contribution in [3.05, 3.63) is 65.2 Å². The van der Waals surface area contributed by atoms with Crippen molar-refractivity contribution in [1.29, 1.82) is 0 Å². The fourth-order valence-corrected chi connectivity index (χ4v) is 2.91. The summed E-state index contributed by atoms with van der Waals surface area (Å²) in [6.45, 7) is -0.657. The van der Waals surface area contributed by atoms with E-state index in [2.05, 4.69) is 5.32 Å². The van der Waals surface area contributed by atoms with Gasteiger partial charge >= 0.3 is 29.9 Å². The summed E-state index contributed by atoms with van der Waals surface area (Å²) in [5, 5.41) is 31.4. The van der Waals surface area contributed by atoms with Gasteiger partial charge in [0, 0.05) is 12.8 Å². The minimum atomic E-state index is -1.51. The van der Waals surface area contributed by atoms with Crippen molar-refractivity contribution in [1.82, 2.24) is 10.6 Å². The van der Waals surface area contributed by atoms with Crippen LogP contribution in [0.2, 0.25) is 0 Å². The zero-order valence-electron chi connectivity index (χ0n) is 18.3. The summed E-state index contributed by atoms with van der Waals surface area (Å²) >= 11 is 0. The summed E-state index contributed by atoms with van der Waals surface area (Å²) in [6.07, 6.45) is -1.05. The largest absolute Gasteiger partial charge is 0.481 e. The highest BCUT2D eigenvalue weighted by atomic mass is 19.1. The van der Waals surface area contributed by atoms with E-state index in [9.17, 15) is 33.5 Å². The fourth-order valence-electron chi connectivity index (χ4n) is 2.91. The third-order valence-electron chi connectivity index (χ3n) is 4.77. The smallest absolute Gasteiger partial charge is 0.343 e. The van der Waals surface area contributed by atoms with Crippen LogP contribution in [0.4, 0.5) is 9.18 Å². The highest BCUT2D eigenvalue weighted by Gasteiger charge is 2.25. The zero-order chi connectivity index (χ0) is 26.0. The van der Waals surface area contributed by atoms with Gasteiger partial charge in [-0.2, -0.15) is 0 Å². The number of nitrogens with one attached hydrogen (secondary N) is 2. The molecule has 186 valence electrons. The van der Waals surface area contributed by atoms with Crippen LogP contribution < -0.4 is 15.4 Å². The van der Waals surface area contributed by atoms with Gasteiger partial charge in [0.05, 0.1) is 5.56 Å². The maximum atomic E-state index is 12.6. The number of rotatable bonds is 12. The van der Waals surface area contributed by atoms with Gasteiger partial charge < -0.3 is 30.7 Å². The second-order valence-electron chi connectivity index (χ2n) is 7.40. The molecule has 2 aromatic rings. The molecule has 2 rings (SSSR count). The van der Waals surface area contributed by atoms with E-state index in [-0.39, 0.29) is 24.2 Å². The number of esters is 1. The molecule has 0 radical (unpaired) electrons. The van der Waals surface area contributed by atoms with Crippen molar-refractivity contribution in [2.75, 3.05) is 0 Å². The van der Waals surface area contributed by atoms with E-state index >= 15 is 0 Å². The number of carbonyl (C=O) groups is 5. The lowest BCUT2D eigenvalue weighted by Crippen LogP contribution is -2.51. The van der Waals surface area contributed by atoms with Crippen LogP contribution in [0.5, 0.6) is 5.75 Å². The highest BCUT2D eigenvalue weighted by Crippen LogP contribution is 2.16. The van der Waals surface area contributed by atoms with Crippen LogP contribution >= 0.6 is 0 Å². The number of carboxylic acid groups (broad SMARTS) is 3. The first-order valence-corrected chi connectivity index (χ1v) is 10.3. The predicted octanol–water partition coefficient (Wildman–Crippen LogP) is 1.99. The number of amides is 2. The molecule has 0 aliphatic rings. The molecular formula is C23H23FN2O9. The van der Waals surface area contributed by atoms with E-state index in [1.165, 1.54) is 48.5 Å². The van der Waals surface area contributed by atoms with E-state index in [1.807, 2.05) is 5.32 Å². The molecule has 0 aliphatic heterocycles. The van der Waals surface area contributed by atoms with Gasteiger partial charge in [-0.25, -0.2) is 23.6 Å². The Morgan fingerprint density at radius 3 is 1.86 bits per heavy atom. The van der Waals surface area contributed by atoms with Gasteiger partial charge in [-0.05, 0) is 41.8 Å². The molecule has 0 heterocycles. The maximum Gasteiger partial charge on any atom is 0.343 e. The number of hydrogen-bond acceptors (Lipinski definition) is 6. The van der Waals surface area contributed by atoms with E-state index < -0.39 is 55.1 Å². The molecule has 0 saturated carbocycles. The molecule has 2 atom stereocenters. The Hall–Kier alpha value is -4.48. The summed E-state index contributed by atoms with van der Waals surface area (Å²) in [6, 6.07) is 7.57. The lowest BCUT2D eigenvalue weighted by molar-refractivity contribution is -0.140. The minimum Gasteiger partial charge on any atom is -0.481 e. The van der Waals surface area contributed by atoms with Gasteiger partial charge in [0.25, 0.3) is 0 Å². The first-order valence-electron chi connectivity index (χ1n) is 10.3. The van der Waals surface area contributed by atoms with Crippen LogP contribution in [0, 0.1) is 0 Å². The minimum absolute atomic E-state index is 0.172. The molecule has 2 amide bonds. The van der Waals surface area contributed by atoms with Gasteiger partial charge in [0.15, 0.2) is 0 Å². The Kier molecular flexibility index (Phi) is 9.70. The van der Waals surface area contributed by atoms with Gasteiger partial charge in [-0.3, -0.25) is 4.79 Å². The summed E-state index contributed by atoms with van der Waals surface area (Å²) in [5.41, 5.74) is 1.10. The van der Waals surface area contributed by atoms with E-state index in [0.717, 1.165) is 0 Å². The third-order valence-corrected chi connectivity index (χ3v) is 4.77. The first-order chi connectivity index (χ1) is 16.6. The number of carboxylic acids is 3. The third kappa shape index (κ3) is 8.76. The van der Waals surface area contributed by atoms with Crippen LogP contribution in [-0.2, 0) is 27.5 Å². The molecule has 2 aromatic carbocycles. The van der Waals surface area contributed by atoms with Crippen LogP contribution in [0.3, 0.4) is 0 Å². The molecule has 0 spiro atoms. The van der Waals surface area contributed by atoms with Gasteiger partial charge in [0.2, 0.25) is 0 Å². The molecule has 0 aliphatic carbocycles. The number of urea groups is 1. The SMILES string of the molecule is O=C(O)CC[C@H](NC(=O)N[C@@H](Cc1ccc(OC(=O)c2ccc(CF)cc2)cc1)C(=O)O)C(=O)O. The van der Waals surface area contributed by atoms with E-state index in [0.29, 0.717) is 11.1 Å². The molecule has 0 fully saturated rings. The topological polar surface area (TPSA) is 179 Å². The average molecular weight is 490 g/mol. The zero-order valence-corrected chi connectivity index (χ0v) is 18.3. The van der Waals surface area contributed by atoms with Crippen molar-refractivity contribution in [2.24, 2.45) is 0 Å². The molecule has 0 saturated heterocycles. The molecule has 0 bridgehead atoms. The van der Waals surface area contributed by atoms with Crippen LogP contribution in [0.25, 0.3) is 0 Å². The van der Waals surface area contributed by atoms with Crippen molar-refractivity contribution in [3.63, 3.8) is 0 Å². The Morgan fingerprint density at radius 2 is 1.34 bits per heavy atom. The van der Waals surface area contributed by atoms with Gasteiger partial charge in [-0.1, -0.05) is 24.3 Å². The molecule has 0 unspecified atom stereocenters. The second-order valence-corrected chi connectivity index (χ2v) is 7.40. The van der Waals surface area contributed by atoms with Crippen molar-refractivity contribution < 1.29 is 48.4 Å². The maximum absolute atomic E-state index is 12.6. The summed E-state index contributed by atoms with van der Waals surface area (Å²) in [4.78, 5) is 57.6. The van der Waals surface area contributed by atoms with Gasteiger partial charge in [-0.15, -0.1) is 0 Å². The molecule has 11 nitrogen and oxygen atoms in total. The summed E-state index contributed by atoms with van der Waals surface area (Å²) in [7, 11) is 0. The van der Waals surface area contributed by atoms with Gasteiger partial charge in [0.1, 0.15) is 24.5 Å². The Balaban J connectivity index is 1.96. The molecule has 0 aromatic heterocycles. The van der Waals surface area contributed by atoms with Crippen LogP contribution in [0.1, 0.15) is 34.3 Å². The van der Waals surface area contributed by atoms with Crippen LogP contribution in [0.15, 0.2) is 48.5 Å². The number of aliphatic carboxylic acids is 3. The lowest BCUT2D eigenvalue weighted by atomic mass is 10.1. The number of carbonyl (C=O) groups excluding carboxylic acids is 2. The predicted molar refractivity (Wildman–Crippen MR) is 118 cm³/mol. The monoisotopic (exact) mass is 490 g/mol. The van der Waals surface area contributed by atoms with Crippen LogP contribution in [-0.4, -0.2) is 57.3 Å².